The highest BCUT2D eigenvalue weighted by atomic mass is 32.2. The first-order chi connectivity index (χ1) is 7.48. The van der Waals surface area contributed by atoms with Crippen LogP contribution in [0, 0.1) is 0 Å². The molecule has 0 unspecified atom stereocenters. The zero-order chi connectivity index (χ0) is 12.4. The second-order valence-corrected chi connectivity index (χ2v) is 5.08. The van der Waals surface area contributed by atoms with Crippen molar-refractivity contribution < 1.29 is 18.3 Å². The molecule has 0 fully saturated rings. The maximum Gasteiger partial charge on any atom is 0.303 e. The SMILES string of the molecule is CCCNS(=O)(=O)NCCCCCC(=O)O. The van der Waals surface area contributed by atoms with Gasteiger partial charge in [-0.05, 0) is 19.3 Å². The Labute approximate surface area is 96.6 Å². The van der Waals surface area contributed by atoms with Crippen LogP contribution in [0.3, 0.4) is 0 Å². The smallest absolute Gasteiger partial charge is 0.303 e. The number of hydrogen-bond donors (Lipinski definition) is 3. The lowest BCUT2D eigenvalue weighted by molar-refractivity contribution is -0.137. The molecule has 3 N–H and O–H groups in total. The highest BCUT2D eigenvalue weighted by Crippen LogP contribution is 1.98. The third kappa shape index (κ3) is 9.88. The van der Waals surface area contributed by atoms with E-state index in [9.17, 15) is 13.2 Å². The summed E-state index contributed by atoms with van der Waals surface area (Å²) in [6.07, 6.45) is 2.84. The molecule has 0 heterocycles. The van der Waals surface area contributed by atoms with Crippen molar-refractivity contribution in [1.82, 2.24) is 9.44 Å². The average Bonchev–Trinajstić information content (AvgIpc) is 2.20. The summed E-state index contributed by atoms with van der Waals surface area (Å²) in [6, 6.07) is 0. The van der Waals surface area contributed by atoms with Gasteiger partial charge in [0.15, 0.2) is 0 Å². The van der Waals surface area contributed by atoms with Gasteiger partial charge in [0.1, 0.15) is 0 Å². The molecule has 0 aromatic heterocycles. The van der Waals surface area contributed by atoms with E-state index in [4.69, 9.17) is 5.11 Å². The fourth-order valence-electron chi connectivity index (χ4n) is 1.07. The highest BCUT2D eigenvalue weighted by molar-refractivity contribution is 7.87. The van der Waals surface area contributed by atoms with Crippen LogP contribution in [0.4, 0.5) is 0 Å². The van der Waals surface area contributed by atoms with E-state index in [1.54, 1.807) is 0 Å². The molecule has 0 spiro atoms. The van der Waals surface area contributed by atoms with Crippen molar-refractivity contribution in [2.45, 2.75) is 39.0 Å². The predicted molar refractivity (Wildman–Crippen MR) is 61.3 cm³/mol. The largest absolute Gasteiger partial charge is 0.481 e. The van der Waals surface area contributed by atoms with Crippen LogP contribution in [0.5, 0.6) is 0 Å². The second kappa shape index (κ2) is 8.49. The Kier molecular flexibility index (Phi) is 8.14. The third-order valence-electron chi connectivity index (χ3n) is 1.90. The van der Waals surface area contributed by atoms with Gasteiger partial charge < -0.3 is 5.11 Å². The molecule has 0 aliphatic heterocycles. The van der Waals surface area contributed by atoms with E-state index < -0.39 is 16.2 Å². The topological polar surface area (TPSA) is 95.5 Å². The second-order valence-electron chi connectivity index (χ2n) is 3.50. The lowest BCUT2D eigenvalue weighted by Crippen LogP contribution is -2.37. The first-order valence-corrected chi connectivity index (χ1v) is 6.92. The molecule has 0 saturated carbocycles. The summed E-state index contributed by atoms with van der Waals surface area (Å²) < 4.78 is 27.2. The molecule has 0 rings (SSSR count). The van der Waals surface area contributed by atoms with Gasteiger partial charge >= 0.3 is 5.97 Å². The Balaban J connectivity index is 3.47. The Morgan fingerprint density at radius 2 is 1.75 bits per heavy atom. The van der Waals surface area contributed by atoms with Crippen molar-refractivity contribution in [2.75, 3.05) is 13.1 Å². The van der Waals surface area contributed by atoms with E-state index in [-0.39, 0.29) is 6.42 Å². The number of nitrogens with one attached hydrogen (secondary N) is 2. The normalized spacial score (nSPS) is 11.6. The van der Waals surface area contributed by atoms with Crippen LogP contribution >= 0.6 is 0 Å². The molecule has 0 aromatic carbocycles. The van der Waals surface area contributed by atoms with Crippen LogP contribution in [0.15, 0.2) is 0 Å². The van der Waals surface area contributed by atoms with E-state index in [0.29, 0.717) is 32.4 Å². The minimum absolute atomic E-state index is 0.140. The zero-order valence-corrected chi connectivity index (χ0v) is 10.3. The van der Waals surface area contributed by atoms with Gasteiger partial charge in [-0.1, -0.05) is 13.3 Å². The summed E-state index contributed by atoms with van der Waals surface area (Å²) in [7, 11) is -3.36. The Morgan fingerprint density at radius 3 is 2.31 bits per heavy atom. The fraction of sp³-hybridized carbons (Fsp3) is 0.889. The molecule has 0 amide bonds. The van der Waals surface area contributed by atoms with Crippen molar-refractivity contribution in [3.8, 4) is 0 Å². The van der Waals surface area contributed by atoms with Gasteiger partial charge in [-0.15, -0.1) is 0 Å². The number of carboxylic acid groups (broad SMARTS) is 1. The molecular formula is C9H20N2O4S. The third-order valence-corrected chi connectivity index (χ3v) is 3.07. The molecule has 96 valence electrons. The van der Waals surface area contributed by atoms with Gasteiger partial charge in [-0.25, -0.2) is 9.44 Å². The van der Waals surface area contributed by atoms with Gasteiger partial charge in [0.2, 0.25) is 0 Å². The quantitative estimate of drug-likeness (QED) is 0.492. The molecule has 0 radical (unpaired) electrons. The summed E-state index contributed by atoms with van der Waals surface area (Å²) in [5.41, 5.74) is 0. The first kappa shape index (κ1) is 15.3. The summed E-state index contributed by atoms with van der Waals surface area (Å²) in [6.45, 7) is 2.65. The maximum absolute atomic E-state index is 11.2. The van der Waals surface area contributed by atoms with Crippen molar-refractivity contribution in [3.05, 3.63) is 0 Å². The lowest BCUT2D eigenvalue weighted by Gasteiger charge is -2.06. The number of unbranched alkanes of at least 4 members (excludes halogenated alkanes) is 2. The van der Waals surface area contributed by atoms with E-state index >= 15 is 0 Å². The van der Waals surface area contributed by atoms with Crippen LogP contribution in [0.25, 0.3) is 0 Å². The highest BCUT2D eigenvalue weighted by Gasteiger charge is 2.06. The standard InChI is InChI=1S/C9H20N2O4S/c1-2-7-10-16(14,15)11-8-5-3-4-6-9(12)13/h10-11H,2-8H2,1H3,(H,12,13). The number of carboxylic acids is 1. The van der Waals surface area contributed by atoms with Gasteiger partial charge in [0, 0.05) is 19.5 Å². The zero-order valence-electron chi connectivity index (χ0n) is 9.53. The maximum atomic E-state index is 11.2. The molecule has 0 bridgehead atoms. The first-order valence-electron chi connectivity index (χ1n) is 5.44. The molecule has 7 heteroatoms. The van der Waals surface area contributed by atoms with Gasteiger partial charge in [-0.2, -0.15) is 8.42 Å². The molecule has 0 saturated heterocycles. The van der Waals surface area contributed by atoms with E-state index in [1.807, 2.05) is 6.92 Å². The van der Waals surface area contributed by atoms with Crippen LogP contribution in [0.2, 0.25) is 0 Å². The van der Waals surface area contributed by atoms with E-state index in [0.717, 1.165) is 6.42 Å². The van der Waals surface area contributed by atoms with Crippen molar-refractivity contribution in [2.24, 2.45) is 0 Å². The minimum Gasteiger partial charge on any atom is -0.481 e. The summed E-state index contributed by atoms with van der Waals surface area (Å²) in [5.74, 6) is -0.815. The lowest BCUT2D eigenvalue weighted by atomic mass is 10.2. The van der Waals surface area contributed by atoms with Crippen LogP contribution in [-0.2, 0) is 15.0 Å². The molecule has 0 aliphatic carbocycles. The van der Waals surface area contributed by atoms with E-state index in [2.05, 4.69) is 9.44 Å². The number of carbonyl (C=O) groups is 1. The van der Waals surface area contributed by atoms with Crippen molar-refractivity contribution in [3.63, 3.8) is 0 Å². The van der Waals surface area contributed by atoms with Crippen molar-refractivity contribution in [1.29, 1.82) is 0 Å². The van der Waals surface area contributed by atoms with Gasteiger partial charge in [-0.3, -0.25) is 4.79 Å². The number of aliphatic carboxylic acids is 1. The average molecular weight is 252 g/mol. The minimum atomic E-state index is -3.36. The predicted octanol–water partition coefficient (Wildman–Crippen LogP) is 0.465. The summed E-state index contributed by atoms with van der Waals surface area (Å²) in [5, 5.41) is 8.37. The van der Waals surface area contributed by atoms with Gasteiger partial charge in [0.25, 0.3) is 10.2 Å². The molecule has 6 nitrogen and oxygen atoms in total. The summed E-state index contributed by atoms with van der Waals surface area (Å²) in [4.78, 5) is 10.2. The monoisotopic (exact) mass is 252 g/mol. The Bertz CT molecular complexity index is 290. The molecule has 0 atom stereocenters. The van der Waals surface area contributed by atoms with Crippen LogP contribution in [0.1, 0.15) is 39.0 Å². The van der Waals surface area contributed by atoms with E-state index in [1.165, 1.54) is 0 Å². The molecule has 16 heavy (non-hydrogen) atoms. The number of hydrogen-bond acceptors (Lipinski definition) is 3. The van der Waals surface area contributed by atoms with Gasteiger partial charge in [0.05, 0.1) is 0 Å². The van der Waals surface area contributed by atoms with Crippen molar-refractivity contribution >= 4 is 16.2 Å². The molecular weight excluding hydrogens is 232 g/mol. The molecule has 0 aliphatic rings. The van der Waals surface area contributed by atoms with Crippen LogP contribution < -0.4 is 9.44 Å². The van der Waals surface area contributed by atoms with Crippen LogP contribution in [-0.4, -0.2) is 32.6 Å². The number of rotatable bonds is 10. The Hall–Kier alpha value is -0.660. The fourth-order valence-corrected chi connectivity index (χ4v) is 2.06. The molecule has 0 aromatic rings. The summed E-state index contributed by atoms with van der Waals surface area (Å²) >= 11 is 0. The Morgan fingerprint density at radius 1 is 1.12 bits per heavy atom.